The Kier molecular flexibility index (Phi) is 5.05. The molecule has 0 aromatic carbocycles. The average molecular weight is 299 g/mol. The van der Waals surface area contributed by atoms with Crippen LogP contribution in [-0.4, -0.2) is 46.0 Å². The van der Waals surface area contributed by atoms with Crippen molar-refractivity contribution in [2.24, 2.45) is 13.0 Å². The number of imidazole rings is 1. The van der Waals surface area contributed by atoms with Crippen LogP contribution in [0.4, 0.5) is 0 Å². The molecule has 1 atom stereocenters. The number of likely N-dealkylation sites (tertiary alicyclic amines) is 1. The number of hydrogen-bond donors (Lipinski definition) is 1. The molecule has 0 radical (unpaired) electrons. The highest BCUT2D eigenvalue weighted by Crippen LogP contribution is 2.26. The van der Waals surface area contributed by atoms with Crippen LogP contribution in [0.15, 0.2) is 12.5 Å². The number of piperidine rings is 1. The molecular weight excluding hydrogens is 276 g/mol. The third-order valence-electron chi connectivity index (χ3n) is 4.42. The van der Waals surface area contributed by atoms with E-state index in [4.69, 9.17) is 0 Å². The molecule has 5 nitrogen and oxygen atoms in total. The number of halogens is 1. The summed E-state index contributed by atoms with van der Waals surface area (Å²) in [5.74, 6) is 0.828. The van der Waals surface area contributed by atoms with Gasteiger partial charge in [0, 0.05) is 32.4 Å². The first-order valence-electron chi connectivity index (χ1n) is 7.24. The minimum absolute atomic E-state index is 0. The van der Waals surface area contributed by atoms with Crippen molar-refractivity contribution in [1.29, 1.82) is 0 Å². The fourth-order valence-electron chi connectivity index (χ4n) is 3.30. The zero-order chi connectivity index (χ0) is 13.2. The van der Waals surface area contributed by atoms with Crippen LogP contribution in [0.2, 0.25) is 0 Å². The molecule has 1 N–H and O–H groups in total. The van der Waals surface area contributed by atoms with Crippen LogP contribution in [0.25, 0.3) is 0 Å². The predicted molar refractivity (Wildman–Crippen MR) is 80.1 cm³/mol. The fraction of sp³-hybridized carbons (Fsp3) is 0.714. The maximum absolute atomic E-state index is 12.3. The third-order valence-corrected chi connectivity index (χ3v) is 4.42. The summed E-state index contributed by atoms with van der Waals surface area (Å²) in [6, 6.07) is 0.687. The Balaban J connectivity index is 0.00000147. The van der Waals surface area contributed by atoms with Gasteiger partial charge in [-0.1, -0.05) is 0 Å². The van der Waals surface area contributed by atoms with Gasteiger partial charge in [0.15, 0.2) is 0 Å². The molecule has 2 aliphatic heterocycles. The van der Waals surface area contributed by atoms with Crippen molar-refractivity contribution >= 4 is 18.3 Å². The highest BCUT2D eigenvalue weighted by molar-refractivity contribution is 5.92. The van der Waals surface area contributed by atoms with Crippen LogP contribution in [-0.2, 0) is 7.05 Å². The number of rotatable bonds is 2. The monoisotopic (exact) mass is 298 g/mol. The van der Waals surface area contributed by atoms with Crippen molar-refractivity contribution in [3.8, 4) is 0 Å². The molecule has 1 amide bonds. The fourth-order valence-corrected chi connectivity index (χ4v) is 3.30. The predicted octanol–water partition coefficient (Wildman–Crippen LogP) is 1.45. The Morgan fingerprint density at radius 2 is 2.10 bits per heavy atom. The first-order valence-corrected chi connectivity index (χ1v) is 7.24. The van der Waals surface area contributed by atoms with Crippen LogP contribution < -0.4 is 5.32 Å². The van der Waals surface area contributed by atoms with E-state index in [1.807, 2.05) is 16.5 Å². The summed E-state index contributed by atoms with van der Waals surface area (Å²) in [6.45, 7) is 2.91. The number of aryl methyl sites for hydroxylation is 1. The van der Waals surface area contributed by atoms with Gasteiger partial charge in [0.05, 0.1) is 6.33 Å². The number of aromatic nitrogens is 2. The van der Waals surface area contributed by atoms with Crippen LogP contribution in [0.1, 0.15) is 36.2 Å². The number of carbonyl (C=O) groups is 1. The smallest absolute Gasteiger partial charge is 0.274 e. The van der Waals surface area contributed by atoms with Gasteiger partial charge >= 0.3 is 0 Å². The quantitative estimate of drug-likeness (QED) is 0.899. The lowest BCUT2D eigenvalue weighted by molar-refractivity contribution is 0.0669. The Hall–Kier alpha value is -1.07. The second-order valence-corrected chi connectivity index (χ2v) is 5.76. The Labute approximate surface area is 126 Å². The maximum atomic E-state index is 12.3. The van der Waals surface area contributed by atoms with E-state index >= 15 is 0 Å². The lowest BCUT2D eigenvalue weighted by Gasteiger charge is -2.34. The maximum Gasteiger partial charge on any atom is 0.274 e. The largest absolute Gasteiger partial charge is 0.340 e. The number of carbonyl (C=O) groups excluding carboxylic acids is 1. The van der Waals surface area contributed by atoms with E-state index in [1.165, 1.54) is 12.8 Å². The van der Waals surface area contributed by atoms with Gasteiger partial charge in [-0.3, -0.25) is 4.79 Å². The number of hydrogen-bond acceptors (Lipinski definition) is 3. The van der Waals surface area contributed by atoms with Crippen molar-refractivity contribution in [3.63, 3.8) is 0 Å². The van der Waals surface area contributed by atoms with Gasteiger partial charge in [0.2, 0.25) is 0 Å². The molecule has 0 saturated carbocycles. The summed E-state index contributed by atoms with van der Waals surface area (Å²) >= 11 is 0. The highest BCUT2D eigenvalue weighted by Gasteiger charge is 2.30. The first kappa shape index (κ1) is 15.3. The summed E-state index contributed by atoms with van der Waals surface area (Å²) in [5.41, 5.74) is 0.569. The molecule has 3 heterocycles. The second kappa shape index (κ2) is 6.59. The molecule has 1 aromatic rings. The summed E-state index contributed by atoms with van der Waals surface area (Å²) in [5, 5.41) is 3.59. The molecule has 0 spiro atoms. The van der Waals surface area contributed by atoms with Crippen molar-refractivity contribution in [1.82, 2.24) is 19.8 Å². The molecule has 1 unspecified atom stereocenters. The standard InChI is InChI=1S/C14H22N4O.ClH/c1-17-9-13(16-10-17)14(19)18-7-4-11(5-8-18)12-3-2-6-15-12;/h9-12,15H,2-8H2,1H3;1H. The van der Waals surface area contributed by atoms with Crippen LogP contribution in [0.3, 0.4) is 0 Å². The molecule has 1 aromatic heterocycles. The van der Waals surface area contributed by atoms with Gasteiger partial charge in [0.25, 0.3) is 5.91 Å². The lowest BCUT2D eigenvalue weighted by atomic mass is 9.88. The van der Waals surface area contributed by atoms with Gasteiger partial charge < -0.3 is 14.8 Å². The molecule has 0 aliphatic carbocycles. The molecule has 6 heteroatoms. The number of nitrogens with one attached hydrogen (secondary N) is 1. The van der Waals surface area contributed by atoms with E-state index in [-0.39, 0.29) is 18.3 Å². The van der Waals surface area contributed by atoms with E-state index in [0.717, 1.165) is 38.4 Å². The molecule has 3 rings (SSSR count). The van der Waals surface area contributed by atoms with E-state index in [9.17, 15) is 4.79 Å². The van der Waals surface area contributed by atoms with Crippen LogP contribution >= 0.6 is 12.4 Å². The molecule has 2 saturated heterocycles. The van der Waals surface area contributed by atoms with E-state index in [2.05, 4.69) is 10.3 Å². The van der Waals surface area contributed by atoms with Crippen LogP contribution in [0, 0.1) is 5.92 Å². The summed E-state index contributed by atoms with van der Waals surface area (Å²) < 4.78 is 1.82. The first-order chi connectivity index (χ1) is 9.24. The molecule has 20 heavy (non-hydrogen) atoms. The van der Waals surface area contributed by atoms with E-state index < -0.39 is 0 Å². The van der Waals surface area contributed by atoms with Gasteiger partial charge in [-0.25, -0.2) is 4.98 Å². The van der Waals surface area contributed by atoms with Gasteiger partial charge in [-0.05, 0) is 38.1 Å². The molecule has 2 aliphatic rings. The van der Waals surface area contributed by atoms with Crippen molar-refractivity contribution in [3.05, 3.63) is 18.2 Å². The lowest BCUT2D eigenvalue weighted by Crippen LogP contribution is -2.43. The van der Waals surface area contributed by atoms with Gasteiger partial charge in [-0.2, -0.15) is 0 Å². The SMILES string of the molecule is Cl.Cn1cnc(C(=O)N2CCC(C3CCCN3)CC2)c1. The Bertz CT molecular complexity index is 448. The zero-order valence-corrected chi connectivity index (χ0v) is 12.7. The summed E-state index contributed by atoms with van der Waals surface area (Å²) in [6.07, 6.45) is 8.33. The number of nitrogens with zero attached hydrogens (tertiary/aromatic N) is 3. The van der Waals surface area contributed by atoms with Crippen molar-refractivity contribution in [2.45, 2.75) is 31.7 Å². The normalized spacial score (nSPS) is 23.6. The minimum atomic E-state index is 0. The topological polar surface area (TPSA) is 50.2 Å². The molecule has 2 fully saturated rings. The van der Waals surface area contributed by atoms with Crippen LogP contribution in [0.5, 0.6) is 0 Å². The summed E-state index contributed by atoms with van der Waals surface area (Å²) in [4.78, 5) is 18.4. The van der Waals surface area contributed by atoms with Crippen molar-refractivity contribution in [2.75, 3.05) is 19.6 Å². The Morgan fingerprint density at radius 3 is 2.65 bits per heavy atom. The molecular formula is C14H23ClN4O. The van der Waals surface area contributed by atoms with Crippen molar-refractivity contribution < 1.29 is 4.79 Å². The van der Waals surface area contributed by atoms with E-state index in [1.54, 1.807) is 12.5 Å². The minimum Gasteiger partial charge on any atom is -0.340 e. The van der Waals surface area contributed by atoms with Gasteiger partial charge in [0.1, 0.15) is 5.69 Å². The number of amides is 1. The van der Waals surface area contributed by atoms with Gasteiger partial charge in [-0.15, -0.1) is 12.4 Å². The second-order valence-electron chi connectivity index (χ2n) is 5.76. The Morgan fingerprint density at radius 1 is 1.35 bits per heavy atom. The summed E-state index contributed by atoms with van der Waals surface area (Å²) in [7, 11) is 1.89. The zero-order valence-electron chi connectivity index (χ0n) is 11.9. The third kappa shape index (κ3) is 3.15. The average Bonchev–Trinajstić information content (AvgIpc) is 3.09. The van der Waals surface area contributed by atoms with E-state index in [0.29, 0.717) is 11.7 Å². The molecule has 112 valence electrons. The molecule has 0 bridgehead atoms. The highest BCUT2D eigenvalue weighted by atomic mass is 35.5.